The van der Waals surface area contributed by atoms with Crippen molar-refractivity contribution in [2.45, 2.75) is 0 Å². The average molecular weight is 226 g/mol. The summed E-state index contributed by atoms with van der Waals surface area (Å²) in [6.07, 6.45) is 2.30. The molecule has 0 atom stereocenters. The number of carbonyl (C=O) groups excluding carboxylic acids is 1. The van der Waals surface area contributed by atoms with Gasteiger partial charge in [0.2, 0.25) is 6.79 Å². The van der Waals surface area contributed by atoms with Gasteiger partial charge in [0.05, 0.1) is 11.0 Å². The molecular formula is C10H6ClO4-. The number of halogens is 1. The van der Waals surface area contributed by atoms with Crippen molar-refractivity contribution in [3.63, 3.8) is 0 Å². The van der Waals surface area contributed by atoms with E-state index in [1.807, 2.05) is 0 Å². The van der Waals surface area contributed by atoms with Crippen molar-refractivity contribution in [1.82, 2.24) is 0 Å². The normalized spacial score (nSPS) is 13.4. The highest BCUT2D eigenvalue weighted by molar-refractivity contribution is 6.32. The van der Waals surface area contributed by atoms with Crippen molar-refractivity contribution in [2.75, 3.05) is 6.79 Å². The average Bonchev–Trinajstić information content (AvgIpc) is 2.63. The molecule has 2 rings (SSSR count). The third-order valence-corrected chi connectivity index (χ3v) is 2.14. The molecule has 0 aliphatic carbocycles. The molecule has 0 amide bonds. The topological polar surface area (TPSA) is 58.6 Å². The molecule has 5 heteroatoms. The zero-order chi connectivity index (χ0) is 10.8. The Hall–Kier alpha value is -1.68. The number of carboxylic acid groups (broad SMARTS) is 1. The van der Waals surface area contributed by atoms with Crippen LogP contribution in [0.15, 0.2) is 18.2 Å². The van der Waals surface area contributed by atoms with E-state index in [4.69, 9.17) is 21.1 Å². The number of fused-ring (bicyclic) bond motifs is 1. The van der Waals surface area contributed by atoms with E-state index in [0.29, 0.717) is 22.1 Å². The van der Waals surface area contributed by atoms with Gasteiger partial charge in [-0.2, -0.15) is 0 Å². The van der Waals surface area contributed by atoms with Gasteiger partial charge in [-0.1, -0.05) is 17.7 Å². The van der Waals surface area contributed by atoms with Crippen LogP contribution < -0.4 is 14.6 Å². The van der Waals surface area contributed by atoms with Crippen LogP contribution in [0.1, 0.15) is 5.56 Å². The summed E-state index contributed by atoms with van der Waals surface area (Å²) in [5, 5.41) is 10.6. The van der Waals surface area contributed by atoms with Gasteiger partial charge < -0.3 is 19.4 Å². The molecule has 15 heavy (non-hydrogen) atoms. The minimum absolute atomic E-state index is 0.128. The Labute approximate surface area is 90.7 Å². The number of carbonyl (C=O) groups is 1. The van der Waals surface area contributed by atoms with Crippen molar-refractivity contribution < 1.29 is 19.4 Å². The lowest BCUT2D eigenvalue weighted by Crippen LogP contribution is -2.18. The summed E-state index contributed by atoms with van der Waals surface area (Å²) < 4.78 is 10.2. The lowest BCUT2D eigenvalue weighted by Gasteiger charge is -2.01. The Morgan fingerprint density at radius 1 is 1.47 bits per heavy atom. The molecule has 78 valence electrons. The summed E-state index contributed by atoms with van der Waals surface area (Å²) in [4.78, 5) is 10.2. The highest BCUT2D eigenvalue weighted by atomic mass is 35.5. The highest BCUT2D eigenvalue weighted by Crippen LogP contribution is 2.39. The molecule has 1 aromatic carbocycles. The third kappa shape index (κ3) is 2.05. The van der Waals surface area contributed by atoms with Crippen molar-refractivity contribution in [1.29, 1.82) is 0 Å². The van der Waals surface area contributed by atoms with Gasteiger partial charge in [-0.05, 0) is 23.8 Å². The van der Waals surface area contributed by atoms with Gasteiger partial charge in [-0.3, -0.25) is 0 Å². The largest absolute Gasteiger partial charge is 0.545 e. The summed E-state index contributed by atoms with van der Waals surface area (Å²) in [5.41, 5.74) is 0.619. The molecule has 1 aliphatic rings. The van der Waals surface area contributed by atoms with Crippen LogP contribution in [0.25, 0.3) is 6.08 Å². The Morgan fingerprint density at radius 3 is 3.00 bits per heavy atom. The first-order valence-corrected chi connectivity index (χ1v) is 4.53. The molecule has 0 N–H and O–H groups in total. The second-order valence-corrected chi connectivity index (χ2v) is 3.30. The standard InChI is InChI=1S/C10H7ClO4/c11-7-3-6(1-2-9(12)13)4-8-10(7)15-5-14-8/h1-4H,5H2,(H,12,13)/p-1/b2-1+. The number of benzene rings is 1. The van der Waals surface area contributed by atoms with Crippen molar-refractivity contribution in [2.24, 2.45) is 0 Å². The summed E-state index contributed by atoms with van der Waals surface area (Å²) in [7, 11) is 0. The molecule has 0 unspecified atom stereocenters. The van der Waals surface area contributed by atoms with Crippen molar-refractivity contribution >= 4 is 23.6 Å². The van der Waals surface area contributed by atoms with E-state index in [1.165, 1.54) is 6.08 Å². The molecule has 0 aromatic heterocycles. The Morgan fingerprint density at radius 2 is 2.27 bits per heavy atom. The number of aliphatic carboxylic acids is 1. The number of ether oxygens (including phenoxy) is 2. The third-order valence-electron chi connectivity index (χ3n) is 1.86. The van der Waals surface area contributed by atoms with E-state index in [0.717, 1.165) is 6.08 Å². The molecule has 0 saturated carbocycles. The quantitative estimate of drug-likeness (QED) is 0.700. The van der Waals surface area contributed by atoms with Crippen molar-refractivity contribution in [3.05, 3.63) is 28.8 Å². The second-order valence-electron chi connectivity index (χ2n) is 2.89. The number of carboxylic acids is 1. The molecule has 0 fully saturated rings. The molecule has 1 aromatic rings. The van der Waals surface area contributed by atoms with Gasteiger partial charge in [0.25, 0.3) is 0 Å². The Kier molecular flexibility index (Phi) is 2.51. The minimum Gasteiger partial charge on any atom is -0.545 e. The maximum Gasteiger partial charge on any atom is 0.231 e. The van der Waals surface area contributed by atoms with Gasteiger partial charge in [0, 0.05) is 0 Å². The maximum atomic E-state index is 10.2. The molecular weight excluding hydrogens is 220 g/mol. The number of hydrogen-bond acceptors (Lipinski definition) is 4. The summed E-state index contributed by atoms with van der Waals surface area (Å²) >= 11 is 5.89. The summed E-state index contributed by atoms with van der Waals surface area (Å²) in [6, 6.07) is 3.24. The van der Waals surface area contributed by atoms with Crippen LogP contribution in [0.2, 0.25) is 5.02 Å². The van der Waals surface area contributed by atoms with Gasteiger partial charge in [-0.25, -0.2) is 0 Å². The second kappa shape index (κ2) is 3.82. The van der Waals surface area contributed by atoms with Crippen LogP contribution in [0.5, 0.6) is 11.5 Å². The van der Waals surface area contributed by atoms with Gasteiger partial charge in [-0.15, -0.1) is 0 Å². The predicted molar refractivity (Wildman–Crippen MR) is 51.6 cm³/mol. The fraction of sp³-hybridized carbons (Fsp3) is 0.100. The fourth-order valence-corrected chi connectivity index (χ4v) is 1.52. The predicted octanol–water partition coefficient (Wildman–Crippen LogP) is 0.832. The van der Waals surface area contributed by atoms with E-state index in [2.05, 4.69) is 0 Å². The lowest BCUT2D eigenvalue weighted by atomic mass is 10.2. The van der Waals surface area contributed by atoms with Gasteiger partial charge in [0.15, 0.2) is 11.5 Å². The molecule has 4 nitrogen and oxygen atoms in total. The molecule has 1 heterocycles. The van der Waals surface area contributed by atoms with Crippen molar-refractivity contribution in [3.8, 4) is 11.5 Å². The summed E-state index contributed by atoms with van der Waals surface area (Å²) in [6.45, 7) is 0.128. The Bertz CT molecular complexity index is 439. The Balaban J connectivity index is 2.35. The van der Waals surface area contributed by atoms with E-state index in [-0.39, 0.29) is 6.79 Å². The monoisotopic (exact) mass is 225 g/mol. The molecule has 0 bridgehead atoms. The highest BCUT2D eigenvalue weighted by Gasteiger charge is 2.17. The lowest BCUT2D eigenvalue weighted by molar-refractivity contribution is -0.297. The molecule has 0 saturated heterocycles. The van der Waals surface area contributed by atoms with E-state index < -0.39 is 5.97 Å². The molecule has 1 aliphatic heterocycles. The van der Waals surface area contributed by atoms with Gasteiger partial charge >= 0.3 is 0 Å². The van der Waals surface area contributed by atoms with E-state index >= 15 is 0 Å². The first kappa shape index (κ1) is 9.86. The molecule has 0 spiro atoms. The van der Waals surface area contributed by atoms with Gasteiger partial charge in [0.1, 0.15) is 0 Å². The van der Waals surface area contributed by atoms with Crippen LogP contribution in [-0.2, 0) is 4.79 Å². The fourth-order valence-electron chi connectivity index (χ4n) is 1.25. The van der Waals surface area contributed by atoms with Crippen LogP contribution in [0.3, 0.4) is 0 Å². The first-order valence-electron chi connectivity index (χ1n) is 4.15. The smallest absolute Gasteiger partial charge is 0.231 e. The zero-order valence-corrected chi connectivity index (χ0v) is 8.28. The summed E-state index contributed by atoms with van der Waals surface area (Å²) in [5.74, 6) is -0.258. The SMILES string of the molecule is O=C([O-])/C=C/c1cc(Cl)c2c(c1)OCO2. The van der Waals surface area contributed by atoms with Crippen LogP contribution in [0.4, 0.5) is 0 Å². The number of rotatable bonds is 2. The first-order chi connectivity index (χ1) is 7.16. The van der Waals surface area contributed by atoms with Crippen LogP contribution >= 0.6 is 11.6 Å². The molecule has 0 radical (unpaired) electrons. The zero-order valence-electron chi connectivity index (χ0n) is 7.53. The van der Waals surface area contributed by atoms with Crippen LogP contribution in [-0.4, -0.2) is 12.8 Å². The van der Waals surface area contributed by atoms with Crippen LogP contribution in [0, 0.1) is 0 Å². The van der Waals surface area contributed by atoms with E-state index in [1.54, 1.807) is 12.1 Å². The van der Waals surface area contributed by atoms with E-state index in [9.17, 15) is 9.90 Å². The maximum absolute atomic E-state index is 10.2. The number of hydrogen-bond donors (Lipinski definition) is 0. The minimum atomic E-state index is -1.26.